The van der Waals surface area contributed by atoms with Gasteiger partial charge in [-0.15, -0.1) is 0 Å². The van der Waals surface area contributed by atoms with Crippen molar-refractivity contribution in [3.8, 4) is 0 Å². The summed E-state index contributed by atoms with van der Waals surface area (Å²) in [7, 11) is 0. The third kappa shape index (κ3) is 2.97. The van der Waals surface area contributed by atoms with Crippen LogP contribution in [-0.4, -0.2) is 5.78 Å². The zero-order chi connectivity index (χ0) is 13.0. The lowest BCUT2D eigenvalue weighted by molar-refractivity contribution is -0.123. The minimum atomic E-state index is 0.0115. The van der Waals surface area contributed by atoms with Gasteiger partial charge in [0.2, 0.25) is 0 Å². The van der Waals surface area contributed by atoms with Crippen molar-refractivity contribution in [3.05, 3.63) is 63.2 Å². The number of ketones is 1. The van der Waals surface area contributed by atoms with Gasteiger partial charge in [-0.1, -0.05) is 20.3 Å². The molecule has 1 heteroatoms. The van der Waals surface area contributed by atoms with Crippen LogP contribution in [0.2, 0.25) is 0 Å². The van der Waals surface area contributed by atoms with Crippen LogP contribution < -0.4 is 0 Å². The summed E-state index contributed by atoms with van der Waals surface area (Å²) in [6, 6.07) is 0. The molecule has 2 aliphatic carbocycles. The normalized spacial score (nSPS) is 25.4. The summed E-state index contributed by atoms with van der Waals surface area (Å²) in [6.45, 7) is 4.12. The second-order valence-corrected chi connectivity index (χ2v) is 4.75. The highest BCUT2D eigenvalue weighted by molar-refractivity contribution is 5.85. The number of carbonyl (C=O) groups is 1. The van der Waals surface area contributed by atoms with Gasteiger partial charge in [-0.3, -0.25) is 4.79 Å². The molecule has 0 N–H and O–H groups in total. The van der Waals surface area contributed by atoms with Crippen molar-refractivity contribution in [1.82, 2.24) is 0 Å². The van der Waals surface area contributed by atoms with E-state index in [4.69, 9.17) is 0 Å². The van der Waals surface area contributed by atoms with E-state index in [-0.39, 0.29) is 5.92 Å². The van der Waals surface area contributed by atoms with Crippen molar-refractivity contribution >= 4 is 5.78 Å². The highest BCUT2D eigenvalue weighted by Gasteiger charge is 2.40. The molecule has 2 rings (SSSR count). The Hall–Kier alpha value is -0.330. The Bertz CT molecular complexity index is 259. The van der Waals surface area contributed by atoms with Gasteiger partial charge in [0, 0.05) is 12.3 Å². The lowest BCUT2D eigenvalue weighted by Gasteiger charge is -2.33. The van der Waals surface area contributed by atoms with Gasteiger partial charge in [-0.25, -0.2) is 0 Å². The Morgan fingerprint density at radius 2 is 1.44 bits per heavy atom. The Labute approximate surface area is 113 Å². The third-order valence-corrected chi connectivity index (χ3v) is 3.70. The van der Waals surface area contributed by atoms with Crippen LogP contribution in [-0.2, 0) is 4.79 Å². The molecular weight excluding hydrogens is 220 g/mol. The maximum Gasteiger partial charge on any atom is 0.136 e. The zero-order valence-electron chi connectivity index (χ0n) is 11.1. The van der Waals surface area contributed by atoms with Gasteiger partial charge in [0.05, 0.1) is 0 Å². The van der Waals surface area contributed by atoms with Crippen molar-refractivity contribution in [2.75, 3.05) is 0 Å². The van der Waals surface area contributed by atoms with Crippen molar-refractivity contribution in [2.24, 2.45) is 11.8 Å². The largest absolute Gasteiger partial charge is 0.299 e. The van der Waals surface area contributed by atoms with Gasteiger partial charge >= 0.3 is 0 Å². The molecule has 18 heavy (non-hydrogen) atoms. The Morgan fingerprint density at radius 3 is 1.89 bits per heavy atom. The average Bonchev–Trinajstić information content (AvgIpc) is 3.07. The summed E-state index contributed by atoms with van der Waals surface area (Å²) < 4.78 is 0. The lowest BCUT2D eigenvalue weighted by Crippen LogP contribution is -2.32. The maximum atomic E-state index is 12.3. The molecule has 0 unspecified atom stereocenters. The molecule has 0 bridgehead atoms. The van der Waals surface area contributed by atoms with Crippen LogP contribution in [0.1, 0.15) is 26.7 Å². The molecule has 0 aromatic heterocycles. The molecule has 0 amide bonds. The monoisotopic (exact) mass is 240 g/mol. The van der Waals surface area contributed by atoms with Crippen LogP contribution >= 0.6 is 0 Å². The summed E-state index contributed by atoms with van der Waals surface area (Å²) >= 11 is 0. The Morgan fingerprint density at radius 1 is 0.944 bits per heavy atom. The predicted octanol–water partition coefficient (Wildman–Crippen LogP) is 3.42. The first-order valence-corrected chi connectivity index (χ1v) is 6.73. The van der Waals surface area contributed by atoms with Crippen LogP contribution in [0.3, 0.4) is 0 Å². The van der Waals surface area contributed by atoms with E-state index in [2.05, 4.69) is 45.4 Å². The fourth-order valence-electron chi connectivity index (χ4n) is 2.76. The third-order valence-electron chi connectivity index (χ3n) is 3.70. The molecule has 0 aromatic carbocycles. The van der Waals surface area contributed by atoms with Gasteiger partial charge < -0.3 is 0 Å². The summed E-state index contributed by atoms with van der Waals surface area (Å²) in [5.41, 5.74) is 0. The number of rotatable bonds is 6. The smallest absolute Gasteiger partial charge is 0.136 e. The minimum Gasteiger partial charge on any atom is -0.299 e. The van der Waals surface area contributed by atoms with Crippen molar-refractivity contribution in [3.63, 3.8) is 0 Å². The van der Waals surface area contributed by atoms with E-state index in [1.165, 1.54) is 5.92 Å². The topological polar surface area (TPSA) is 17.1 Å². The van der Waals surface area contributed by atoms with Crippen LogP contribution in [0, 0.1) is 75.0 Å². The summed E-state index contributed by atoms with van der Waals surface area (Å²) in [5.74, 6) is 3.10. The predicted molar refractivity (Wildman–Crippen MR) is 73.5 cm³/mol. The molecule has 0 spiro atoms. The second kappa shape index (κ2) is 6.73. The van der Waals surface area contributed by atoms with E-state index in [1.807, 2.05) is 19.8 Å². The summed E-state index contributed by atoms with van der Waals surface area (Å²) in [6.07, 6.45) is 18.1. The van der Waals surface area contributed by atoms with E-state index in [0.717, 1.165) is 12.3 Å². The number of hydrogen-bond donors (Lipinski definition) is 0. The first kappa shape index (κ1) is 14.1. The number of Topliss-reactive ketones (excluding diaryl/α,β-unsaturated/α-hetero) is 1. The fraction of sp³-hybridized carbons (Fsp3) is 0.353. The van der Waals surface area contributed by atoms with Crippen molar-refractivity contribution in [2.45, 2.75) is 26.7 Å². The molecule has 0 saturated heterocycles. The molecule has 94 valence electrons. The second-order valence-electron chi connectivity index (χ2n) is 4.75. The highest BCUT2D eigenvalue weighted by atomic mass is 16.1. The van der Waals surface area contributed by atoms with Gasteiger partial charge in [0.15, 0.2) is 0 Å². The quantitative estimate of drug-likeness (QED) is 0.695. The van der Waals surface area contributed by atoms with Crippen LogP contribution in [0.5, 0.6) is 0 Å². The van der Waals surface area contributed by atoms with E-state index in [1.54, 1.807) is 0 Å². The molecule has 2 fully saturated rings. The highest BCUT2D eigenvalue weighted by Crippen LogP contribution is 2.44. The SMILES string of the molecule is CCC(=O)[C@H]([C]1[CH][CH][CH][CH]1)[C@@H](CC)[C]1[CH][CH][CH][CH]1. The summed E-state index contributed by atoms with van der Waals surface area (Å²) in [5, 5.41) is 0. The first-order chi connectivity index (χ1) is 8.77. The molecule has 2 aliphatic rings. The van der Waals surface area contributed by atoms with E-state index < -0.39 is 0 Å². The fourth-order valence-corrected chi connectivity index (χ4v) is 2.76. The van der Waals surface area contributed by atoms with Crippen molar-refractivity contribution in [1.29, 1.82) is 0 Å². The van der Waals surface area contributed by atoms with E-state index in [0.29, 0.717) is 18.1 Å². The molecular formula is C17H20O. The number of hydrogen-bond acceptors (Lipinski definition) is 1. The van der Waals surface area contributed by atoms with Gasteiger partial charge in [-0.2, -0.15) is 0 Å². The maximum absolute atomic E-state index is 12.3. The molecule has 1 nitrogen and oxygen atoms in total. The number of carbonyl (C=O) groups excluding carboxylic acids is 1. The van der Waals surface area contributed by atoms with E-state index >= 15 is 0 Å². The summed E-state index contributed by atoms with van der Waals surface area (Å²) in [4.78, 5) is 12.3. The molecule has 2 saturated carbocycles. The van der Waals surface area contributed by atoms with Crippen LogP contribution in [0.25, 0.3) is 0 Å². The van der Waals surface area contributed by atoms with Crippen LogP contribution in [0.4, 0.5) is 0 Å². The zero-order valence-corrected chi connectivity index (χ0v) is 11.1. The first-order valence-electron chi connectivity index (χ1n) is 6.73. The molecule has 0 heterocycles. The minimum absolute atomic E-state index is 0.0115. The van der Waals surface area contributed by atoms with Gasteiger partial charge in [0.25, 0.3) is 0 Å². The standard InChI is InChI=1S/C17H20O/c1-3-15(13-9-5-6-10-13)17(16(18)4-2)14-11-7-8-12-14/h5-12,15,17H,3-4H2,1-2H3/t15-,17+/m0/s1. The average molecular weight is 240 g/mol. The lowest BCUT2D eigenvalue weighted by atomic mass is 9.70. The van der Waals surface area contributed by atoms with E-state index in [9.17, 15) is 4.79 Å². The van der Waals surface area contributed by atoms with Gasteiger partial charge in [0.1, 0.15) is 5.78 Å². The van der Waals surface area contributed by atoms with Crippen LogP contribution in [0.15, 0.2) is 0 Å². The Balaban J connectivity index is 2.11. The molecule has 2 atom stereocenters. The molecule has 10 radical (unpaired) electrons. The molecule has 0 aromatic rings. The Kier molecular flexibility index (Phi) is 5.26. The molecule has 0 aliphatic heterocycles. The van der Waals surface area contributed by atoms with Crippen molar-refractivity contribution < 1.29 is 4.79 Å². The van der Waals surface area contributed by atoms with Gasteiger partial charge in [-0.05, 0) is 69.1 Å².